The van der Waals surface area contributed by atoms with Crippen molar-refractivity contribution in [1.82, 2.24) is 0 Å². The number of benzene rings is 2. The van der Waals surface area contributed by atoms with Crippen molar-refractivity contribution in [3.8, 4) is 0 Å². The molecule has 2 aromatic carbocycles. The highest BCUT2D eigenvalue weighted by molar-refractivity contribution is 6.99. The van der Waals surface area contributed by atoms with Gasteiger partial charge in [0.2, 0.25) is 0 Å². The summed E-state index contributed by atoms with van der Waals surface area (Å²) >= 11 is 0. The molecule has 0 spiro atoms. The van der Waals surface area contributed by atoms with E-state index in [4.69, 9.17) is 18.6 Å². The van der Waals surface area contributed by atoms with Gasteiger partial charge >= 0.3 is 5.97 Å². The molecule has 0 N–H and O–H groups in total. The maximum absolute atomic E-state index is 12.5. The number of carbonyl (C=O) groups is 1. The van der Waals surface area contributed by atoms with Gasteiger partial charge in [-0.05, 0) is 42.2 Å². The van der Waals surface area contributed by atoms with E-state index in [0.29, 0.717) is 18.8 Å². The standard InChI is InChI=1S/C39H60O5Si2/c1-29(20-19-21-30(2)37(40)41-26-27-45(10,11)12)35-32(4)36(44-39(8,9)43-35)31(3)28-42-46(38(5,6)7,33-22-15-13-16-23-33)34-24-17-14-18-25-34/h13-25,29,31-32,35-36H,26-28H2,1-12H3/b20-19-,30-21+/t29-,31-,32-,35-,36+/m1/s1. The minimum Gasteiger partial charge on any atom is -0.463 e. The normalized spacial score (nSPS) is 22.4. The van der Waals surface area contributed by atoms with E-state index in [-0.39, 0.29) is 41.0 Å². The summed E-state index contributed by atoms with van der Waals surface area (Å²) in [5.74, 6) is -0.616. The number of esters is 1. The quantitative estimate of drug-likeness (QED) is 0.0932. The van der Waals surface area contributed by atoms with Crippen LogP contribution in [0.1, 0.15) is 62.3 Å². The molecule has 0 aliphatic carbocycles. The van der Waals surface area contributed by atoms with E-state index < -0.39 is 22.2 Å². The lowest BCUT2D eigenvalue weighted by Gasteiger charge is -2.49. The van der Waals surface area contributed by atoms with Crippen molar-refractivity contribution in [3.63, 3.8) is 0 Å². The van der Waals surface area contributed by atoms with Crippen molar-refractivity contribution in [3.05, 3.63) is 84.5 Å². The van der Waals surface area contributed by atoms with Crippen LogP contribution in [-0.4, -0.2) is 53.6 Å². The lowest BCUT2D eigenvalue weighted by molar-refractivity contribution is -0.332. The third kappa shape index (κ3) is 9.86. The molecular weight excluding hydrogens is 605 g/mol. The molecule has 1 saturated heterocycles. The molecule has 1 aliphatic heterocycles. The second kappa shape index (κ2) is 15.7. The Bertz CT molecular complexity index is 1270. The SMILES string of the molecule is C/C(=C\C=C/[C@@H](C)[C@H]1OC(C)(C)O[C@@H]([C@H](C)CO[Si](c2ccccc2)(c2ccccc2)C(C)(C)C)[C@@H]1C)C(=O)OCC[Si](C)(C)C. The lowest BCUT2D eigenvalue weighted by atomic mass is 9.82. The van der Waals surface area contributed by atoms with Crippen molar-refractivity contribution in [2.24, 2.45) is 17.8 Å². The average Bonchev–Trinajstić information content (AvgIpc) is 2.97. The molecule has 46 heavy (non-hydrogen) atoms. The van der Waals surface area contributed by atoms with Gasteiger partial charge in [-0.2, -0.15) is 0 Å². The monoisotopic (exact) mass is 664 g/mol. The molecule has 0 unspecified atom stereocenters. The summed E-state index contributed by atoms with van der Waals surface area (Å²) in [6.45, 7) is 27.3. The van der Waals surface area contributed by atoms with E-state index in [2.05, 4.69) is 128 Å². The van der Waals surface area contributed by atoms with Crippen LogP contribution in [0.25, 0.3) is 0 Å². The molecular formula is C39H60O5Si2. The fourth-order valence-corrected chi connectivity index (χ4v) is 11.9. The van der Waals surface area contributed by atoms with Crippen LogP contribution in [0.4, 0.5) is 0 Å². The highest BCUT2D eigenvalue weighted by Gasteiger charge is 2.51. The Balaban J connectivity index is 1.78. The fraction of sp³-hybridized carbons (Fsp3) is 0.564. The fourth-order valence-electron chi connectivity index (χ4n) is 6.53. The number of carbonyl (C=O) groups excluding carboxylic acids is 1. The first-order valence-corrected chi connectivity index (χ1v) is 22.6. The first-order valence-electron chi connectivity index (χ1n) is 17.0. The Labute approximate surface area is 281 Å². The van der Waals surface area contributed by atoms with Gasteiger partial charge in [0.05, 0.1) is 18.8 Å². The number of allylic oxidation sites excluding steroid dienone is 2. The molecule has 254 valence electrons. The van der Waals surface area contributed by atoms with Crippen molar-refractivity contribution >= 4 is 32.7 Å². The van der Waals surface area contributed by atoms with Crippen molar-refractivity contribution in [1.29, 1.82) is 0 Å². The Morgan fingerprint density at radius 1 is 0.935 bits per heavy atom. The van der Waals surface area contributed by atoms with Gasteiger partial charge in [-0.25, -0.2) is 4.79 Å². The first-order chi connectivity index (χ1) is 21.4. The molecule has 0 amide bonds. The number of hydrogen-bond donors (Lipinski definition) is 0. The first kappa shape index (κ1) is 38.2. The average molecular weight is 665 g/mol. The molecule has 0 aromatic heterocycles. The summed E-state index contributed by atoms with van der Waals surface area (Å²) in [6, 6.07) is 22.6. The van der Waals surface area contributed by atoms with Crippen LogP contribution < -0.4 is 10.4 Å². The topological polar surface area (TPSA) is 54.0 Å². The highest BCUT2D eigenvalue weighted by atomic mass is 28.4. The molecule has 5 atom stereocenters. The predicted octanol–water partition coefficient (Wildman–Crippen LogP) is 8.38. The number of rotatable bonds is 13. The van der Waals surface area contributed by atoms with E-state index in [1.807, 2.05) is 32.9 Å². The van der Waals surface area contributed by atoms with Gasteiger partial charge in [0, 0.05) is 38.0 Å². The second-order valence-electron chi connectivity index (χ2n) is 15.9. The van der Waals surface area contributed by atoms with Gasteiger partial charge in [-0.1, -0.05) is 140 Å². The second-order valence-corrected chi connectivity index (χ2v) is 25.8. The van der Waals surface area contributed by atoms with Crippen LogP contribution in [0.2, 0.25) is 30.7 Å². The molecule has 2 aromatic rings. The summed E-state index contributed by atoms with van der Waals surface area (Å²) in [6.07, 6.45) is 5.82. The lowest BCUT2D eigenvalue weighted by Crippen LogP contribution is -2.67. The summed E-state index contributed by atoms with van der Waals surface area (Å²) in [4.78, 5) is 12.5. The maximum atomic E-state index is 12.5. The van der Waals surface area contributed by atoms with Gasteiger partial charge in [0.25, 0.3) is 8.32 Å². The Kier molecular flexibility index (Phi) is 13.1. The summed E-state index contributed by atoms with van der Waals surface area (Å²) < 4.78 is 26.0. The molecule has 3 rings (SSSR count). The van der Waals surface area contributed by atoms with Gasteiger partial charge < -0.3 is 18.6 Å². The van der Waals surface area contributed by atoms with Crippen LogP contribution in [0.5, 0.6) is 0 Å². The smallest absolute Gasteiger partial charge is 0.333 e. The van der Waals surface area contributed by atoms with Crippen LogP contribution in [0.3, 0.4) is 0 Å². The van der Waals surface area contributed by atoms with E-state index in [9.17, 15) is 4.79 Å². The van der Waals surface area contributed by atoms with Crippen LogP contribution in [0.15, 0.2) is 84.5 Å². The molecule has 0 saturated carbocycles. The zero-order valence-electron chi connectivity index (χ0n) is 30.6. The molecule has 1 aliphatic rings. The van der Waals surface area contributed by atoms with Gasteiger partial charge in [0.1, 0.15) is 0 Å². The Hall–Kier alpha value is -2.30. The minimum atomic E-state index is -2.67. The maximum Gasteiger partial charge on any atom is 0.333 e. The van der Waals surface area contributed by atoms with Gasteiger partial charge in [-0.15, -0.1) is 0 Å². The van der Waals surface area contributed by atoms with Crippen molar-refractivity contribution < 1.29 is 23.4 Å². The van der Waals surface area contributed by atoms with Gasteiger partial charge in [-0.3, -0.25) is 0 Å². The summed E-state index contributed by atoms with van der Waals surface area (Å²) in [5.41, 5.74) is 0.604. The zero-order chi connectivity index (χ0) is 34.3. The van der Waals surface area contributed by atoms with Gasteiger partial charge in [0.15, 0.2) is 5.79 Å². The van der Waals surface area contributed by atoms with Crippen LogP contribution in [-0.2, 0) is 23.4 Å². The number of hydrogen-bond acceptors (Lipinski definition) is 5. The predicted molar refractivity (Wildman–Crippen MR) is 197 cm³/mol. The molecule has 1 fully saturated rings. The zero-order valence-corrected chi connectivity index (χ0v) is 32.6. The van der Waals surface area contributed by atoms with Crippen molar-refractivity contribution in [2.75, 3.05) is 13.2 Å². The number of ether oxygens (including phenoxy) is 3. The minimum absolute atomic E-state index is 0.0542. The highest BCUT2D eigenvalue weighted by Crippen LogP contribution is 2.40. The van der Waals surface area contributed by atoms with Crippen LogP contribution in [0, 0.1) is 17.8 Å². The molecule has 7 heteroatoms. The van der Waals surface area contributed by atoms with E-state index in [1.54, 1.807) is 0 Å². The molecule has 0 bridgehead atoms. The van der Waals surface area contributed by atoms with E-state index in [1.165, 1.54) is 10.4 Å². The third-order valence-corrected chi connectivity index (χ3v) is 15.8. The van der Waals surface area contributed by atoms with Crippen molar-refractivity contribution in [2.45, 2.75) is 111 Å². The summed E-state index contributed by atoms with van der Waals surface area (Å²) in [7, 11) is -3.91. The van der Waals surface area contributed by atoms with E-state index >= 15 is 0 Å². The Morgan fingerprint density at radius 3 is 1.96 bits per heavy atom. The third-order valence-electron chi connectivity index (χ3n) is 9.10. The largest absolute Gasteiger partial charge is 0.463 e. The molecule has 5 nitrogen and oxygen atoms in total. The molecule has 1 heterocycles. The molecule has 0 radical (unpaired) electrons. The summed E-state index contributed by atoms with van der Waals surface area (Å²) in [5, 5.41) is 2.47. The van der Waals surface area contributed by atoms with Crippen LogP contribution >= 0.6 is 0 Å². The Morgan fingerprint density at radius 2 is 1.46 bits per heavy atom. The van der Waals surface area contributed by atoms with E-state index in [0.717, 1.165) is 6.04 Å².